The van der Waals surface area contributed by atoms with Crippen LogP contribution in [0.1, 0.15) is 36.2 Å². The van der Waals surface area contributed by atoms with Gasteiger partial charge in [0.25, 0.3) is 0 Å². The number of nitrogens with two attached hydrogens (primary N) is 1. The minimum Gasteiger partial charge on any atom is -0.477 e. The molecule has 29 heavy (non-hydrogen) atoms. The first-order valence-electron chi connectivity index (χ1n) is 8.96. The zero-order chi connectivity index (χ0) is 20.3. The molecule has 7 nitrogen and oxygen atoms in total. The van der Waals surface area contributed by atoms with Crippen molar-refractivity contribution in [3.05, 3.63) is 33.6 Å². The normalized spacial score (nSPS) is 21.9. The van der Waals surface area contributed by atoms with Crippen LogP contribution in [-0.4, -0.2) is 38.8 Å². The SMILES string of the molecule is CC1NCCN(c2c(F)c(N)c3c(=O)c(C(=O)O)cn(C4CC4)c3c2F)C1I.Cl. The van der Waals surface area contributed by atoms with Gasteiger partial charge in [-0.25, -0.2) is 13.6 Å². The lowest BCUT2D eigenvalue weighted by molar-refractivity contribution is 0.0695. The van der Waals surface area contributed by atoms with Crippen LogP contribution in [0.15, 0.2) is 11.0 Å². The molecule has 1 aliphatic carbocycles. The van der Waals surface area contributed by atoms with Crippen molar-refractivity contribution in [3.8, 4) is 0 Å². The molecule has 1 aliphatic heterocycles. The van der Waals surface area contributed by atoms with Crippen LogP contribution in [0, 0.1) is 11.6 Å². The van der Waals surface area contributed by atoms with E-state index in [1.807, 2.05) is 6.92 Å². The molecule has 4 N–H and O–H groups in total. The summed E-state index contributed by atoms with van der Waals surface area (Å²) in [6, 6.07) is -0.143. The first-order valence-corrected chi connectivity index (χ1v) is 10.2. The third kappa shape index (κ3) is 3.44. The molecule has 4 rings (SSSR count). The Hall–Kier alpha value is -1.66. The highest BCUT2D eigenvalue weighted by atomic mass is 127. The summed E-state index contributed by atoms with van der Waals surface area (Å²) in [5.41, 5.74) is 3.53. The number of carboxylic acids is 1. The van der Waals surface area contributed by atoms with Crippen molar-refractivity contribution in [1.82, 2.24) is 9.88 Å². The van der Waals surface area contributed by atoms with Gasteiger partial charge >= 0.3 is 5.97 Å². The highest BCUT2D eigenvalue weighted by Crippen LogP contribution is 2.42. The van der Waals surface area contributed by atoms with Crippen molar-refractivity contribution >= 4 is 63.2 Å². The molecule has 1 saturated carbocycles. The largest absolute Gasteiger partial charge is 0.477 e. The summed E-state index contributed by atoms with van der Waals surface area (Å²) in [6.45, 7) is 2.84. The van der Waals surface area contributed by atoms with E-state index >= 15 is 8.78 Å². The quantitative estimate of drug-likeness (QED) is 0.240. The van der Waals surface area contributed by atoms with E-state index in [-0.39, 0.29) is 39.7 Å². The zero-order valence-corrected chi connectivity index (χ0v) is 18.4. The monoisotopic (exact) mass is 540 g/mol. The van der Waals surface area contributed by atoms with Crippen molar-refractivity contribution in [2.45, 2.75) is 35.9 Å². The van der Waals surface area contributed by atoms with E-state index < -0.39 is 39.7 Å². The molecule has 2 heterocycles. The van der Waals surface area contributed by atoms with Crippen LogP contribution in [-0.2, 0) is 0 Å². The van der Waals surface area contributed by atoms with Gasteiger partial charge in [0.05, 0.1) is 20.6 Å². The fraction of sp³-hybridized carbons (Fsp3) is 0.444. The van der Waals surface area contributed by atoms with E-state index in [1.54, 1.807) is 4.90 Å². The summed E-state index contributed by atoms with van der Waals surface area (Å²) in [5, 5.41) is 12.2. The number of halogens is 4. The number of nitrogen functional groups attached to an aromatic ring is 1. The lowest BCUT2D eigenvalue weighted by atomic mass is 10.1. The third-order valence-corrected chi connectivity index (χ3v) is 7.10. The number of nitrogens with one attached hydrogen (secondary N) is 1. The molecule has 2 fully saturated rings. The van der Waals surface area contributed by atoms with Gasteiger partial charge in [0.2, 0.25) is 5.43 Å². The van der Waals surface area contributed by atoms with Crippen molar-refractivity contribution in [3.63, 3.8) is 0 Å². The number of hydrogen-bond donors (Lipinski definition) is 3. The molecule has 11 heteroatoms. The summed E-state index contributed by atoms with van der Waals surface area (Å²) in [7, 11) is 0. The van der Waals surface area contributed by atoms with Crippen molar-refractivity contribution in [2.75, 3.05) is 23.7 Å². The van der Waals surface area contributed by atoms with E-state index in [9.17, 15) is 14.7 Å². The molecule has 0 spiro atoms. The molecule has 1 aromatic heterocycles. The topological polar surface area (TPSA) is 101 Å². The van der Waals surface area contributed by atoms with Crippen LogP contribution < -0.4 is 21.4 Å². The van der Waals surface area contributed by atoms with E-state index in [2.05, 4.69) is 27.9 Å². The molecule has 1 aromatic carbocycles. The van der Waals surface area contributed by atoms with Gasteiger partial charge in [-0.15, -0.1) is 12.4 Å². The Morgan fingerprint density at radius 2 is 2.00 bits per heavy atom. The Kier molecular flexibility index (Phi) is 5.98. The van der Waals surface area contributed by atoms with E-state index in [0.717, 1.165) is 19.0 Å². The van der Waals surface area contributed by atoms with Gasteiger partial charge in [-0.1, -0.05) is 22.6 Å². The number of anilines is 2. The summed E-state index contributed by atoms with van der Waals surface area (Å²) >= 11 is 2.12. The summed E-state index contributed by atoms with van der Waals surface area (Å²) in [4.78, 5) is 25.7. The van der Waals surface area contributed by atoms with Gasteiger partial charge < -0.3 is 25.6 Å². The maximum atomic E-state index is 15.7. The number of piperazine rings is 1. The maximum Gasteiger partial charge on any atom is 0.341 e. The van der Waals surface area contributed by atoms with Gasteiger partial charge in [-0.05, 0) is 19.8 Å². The third-order valence-electron chi connectivity index (χ3n) is 5.35. The predicted octanol–water partition coefficient (Wildman–Crippen LogP) is 2.88. The second-order valence-corrected chi connectivity index (χ2v) is 8.51. The van der Waals surface area contributed by atoms with Crippen LogP contribution in [0.5, 0.6) is 0 Å². The molecule has 0 bridgehead atoms. The minimum atomic E-state index is -1.45. The Morgan fingerprint density at radius 1 is 1.34 bits per heavy atom. The summed E-state index contributed by atoms with van der Waals surface area (Å²) < 4.78 is 32.1. The Labute approximate surface area is 184 Å². The van der Waals surface area contributed by atoms with Gasteiger partial charge in [-0.3, -0.25) is 4.79 Å². The van der Waals surface area contributed by atoms with Crippen molar-refractivity contribution < 1.29 is 18.7 Å². The molecule has 2 unspecified atom stereocenters. The highest BCUT2D eigenvalue weighted by Gasteiger charge is 2.35. The number of hydrogen-bond acceptors (Lipinski definition) is 5. The standard InChI is InChI=1S/C18H19F2IN4O3.ClH/c1-7-17(21)24(5-4-23-7)15-11(19)13(22)10-14(12(15)20)25(8-2-3-8)6-9(16(10)26)18(27)28;/h6-8,17,23H,2-5,22H2,1H3,(H,27,28);1H. The number of aromatic nitrogens is 1. The zero-order valence-electron chi connectivity index (χ0n) is 15.4. The van der Waals surface area contributed by atoms with Gasteiger partial charge in [0, 0.05) is 31.4 Å². The Bertz CT molecular complexity index is 1060. The van der Waals surface area contributed by atoms with Crippen LogP contribution in [0.2, 0.25) is 0 Å². The average Bonchev–Trinajstić information content (AvgIpc) is 3.48. The number of pyridine rings is 1. The predicted molar refractivity (Wildman–Crippen MR) is 118 cm³/mol. The minimum absolute atomic E-state index is 0. The lowest BCUT2D eigenvalue weighted by Crippen LogP contribution is -2.54. The molecule has 2 atom stereocenters. The van der Waals surface area contributed by atoms with Crippen molar-refractivity contribution in [1.29, 1.82) is 0 Å². The van der Waals surface area contributed by atoms with Crippen molar-refractivity contribution in [2.24, 2.45) is 0 Å². The second kappa shape index (κ2) is 7.88. The molecule has 0 amide bonds. The number of alkyl halides is 1. The van der Waals surface area contributed by atoms with Gasteiger partial charge in [-0.2, -0.15) is 0 Å². The highest BCUT2D eigenvalue weighted by molar-refractivity contribution is 14.1. The maximum absolute atomic E-state index is 15.7. The number of nitrogens with zero attached hydrogens (tertiary/aromatic N) is 2. The molecule has 2 aliphatic rings. The smallest absolute Gasteiger partial charge is 0.341 e. The Balaban J connectivity index is 0.00000240. The summed E-state index contributed by atoms with van der Waals surface area (Å²) in [5.74, 6) is -3.35. The van der Waals surface area contributed by atoms with E-state index in [4.69, 9.17) is 5.73 Å². The Morgan fingerprint density at radius 3 is 2.59 bits per heavy atom. The molecule has 0 radical (unpaired) electrons. The number of benzene rings is 1. The van der Waals surface area contributed by atoms with Crippen LogP contribution in [0.3, 0.4) is 0 Å². The first kappa shape index (κ1) is 22.0. The number of rotatable bonds is 3. The van der Waals surface area contributed by atoms with Gasteiger partial charge in [0.15, 0.2) is 11.6 Å². The number of carbonyl (C=O) groups is 1. The molecule has 1 saturated heterocycles. The van der Waals surface area contributed by atoms with E-state index in [1.165, 1.54) is 4.57 Å². The lowest BCUT2D eigenvalue weighted by Gasteiger charge is -2.39. The molecule has 2 aromatic rings. The fourth-order valence-corrected chi connectivity index (χ4v) is 4.55. The number of carboxylic acid groups (broad SMARTS) is 1. The van der Waals surface area contributed by atoms with Crippen LogP contribution in [0.25, 0.3) is 10.9 Å². The van der Waals surface area contributed by atoms with Crippen LogP contribution in [0.4, 0.5) is 20.2 Å². The van der Waals surface area contributed by atoms with E-state index in [0.29, 0.717) is 13.1 Å². The second-order valence-electron chi connectivity index (χ2n) is 7.24. The first-order chi connectivity index (χ1) is 13.2. The number of fused-ring (bicyclic) bond motifs is 1. The molecule has 158 valence electrons. The number of aromatic carboxylic acids is 1. The average molecular weight is 541 g/mol. The van der Waals surface area contributed by atoms with Crippen LogP contribution >= 0.6 is 35.0 Å². The molecular formula is C18H20ClF2IN4O3. The molecular weight excluding hydrogens is 521 g/mol. The van der Waals surface area contributed by atoms with Gasteiger partial charge in [0.1, 0.15) is 11.3 Å². The fourth-order valence-electron chi connectivity index (χ4n) is 3.74. The summed E-state index contributed by atoms with van der Waals surface area (Å²) in [6.07, 6.45) is 2.60.